The fraction of sp³-hybridized carbons (Fsp3) is 0.0588. The van der Waals surface area contributed by atoms with Crippen molar-refractivity contribution in [1.82, 2.24) is 0 Å². The number of rotatable bonds is 3. The van der Waals surface area contributed by atoms with Gasteiger partial charge in [-0.2, -0.15) is 0 Å². The van der Waals surface area contributed by atoms with Gasteiger partial charge in [0.05, 0.1) is 6.61 Å². The Morgan fingerprint density at radius 2 is 1.45 bits per heavy atom. The van der Waals surface area contributed by atoms with Gasteiger partial charge in [-0.05, 0) is 52.7 Å². The second-order valence-electron chi connectivity index (χ2n) is 4.56. The molecule has 0 saturated heterocycles. The van der Waals surface area contributed by atoms with E-state index in [4.69, 9.17) is 9.84 Å². The summed E-state index contributed by atoms with van der Waals surface area (Å²) >= 11 is 3.47. The van der Waals surface area contributed by atoms with Crippen molar-refractivity contribution in [2.24, 2.45) is 0 Å². The molecule has 3 heteroatoms. The molecule has 0 atom stereocenters. The highest BCUT2D eigenvalue weighted by molar-refractivity contribution is 9.10. The van der Waals surface area contributed by atoms with Crippen molar-refractivity contribution < 1.29 is 9.84 Å². The molecule has 2 nitrogen and oxygen atoms in total. The van der Waals surface area contributed by atoms with Crippen molar-refractivity contribution in [2.75, 3.05) is 0 Å². The van der Waals surface area contributed by atoms with Gasteiger partial charge in [0.2, 0.25) is 0 Å². The van der Waals surface area contributed by atoms with E-state index >= 15 is 0 Å². The summed E-state index contributed by atoms with van der Waals surface area (Å²) in [6.45, 7) is 0.0468. The van der Waals surface area contributed by atoms with E-state index in [0.717, 1.165) is 26.9 Å². The average Bonchev–Trinajstić information content (AvgIpc) is 2.48. The van der Waals surface area contributed by atoms with Crippen LogP contribution >= 0.6 is 15.9 Å². The largest absolute Gasteiger partial charge is 0.457 e. The minimum atomic E-state index is 0.0468. The van der Waals surface area contributed by atoms with Crippen LogP contribution in [0.5, 0.6) is 11.5 Å². The van der Waals surface area contributed by atoms with Gasteiger partial charge in [-0.15, -0.1) is 0 Å². The SMILES string of the molecule is OCc1ccc(Oc2ccc3cc(Br)ccc3c2)cc1. The van der Waals surface area contributed by atoms with Crippen LogP contribution in [-0.2, 0) is 6.61 Å². The summed E-state index contributed by atoms with van der Waals surface area (Å²) in [6.07, 6.45) is 0. The first kappa shape index (κ1) is 13.2. The van der Waals surface area contributed by atoms with E-state index < -0.39 is 0 Å². The number of fused-ring (bicyclic) bond motifs is 1. The van der Waals surface area contributed by atoms with E-state index in [1.54, 1.807) is 0 Å². The molecule has 0 aliphatic rings. The molecule has 0 spiro atoms. The minimum Gasteiger partial charge on any atom is -0.457 e. The summed E-state index contributed by atoms with van der Waals surface area (Å²) in [7, 11) is 0. The zero-order valence-electron chi connectivity index (χ0n) is 10.7. The lowest BCUT2D eigenvalue weighted by molar-refractivity contribution is 0.281. The van der Waals surface area contributed by atoms with Crippen LogP contribution in [0.1, 0.15) is 5.56 Å². The van der Waals surface area contributed by atoms with Crippen molar-refractivity contribution in [3.63, 3.8) is 0 Å². The first-order valence-corrected chi connectivity index (χ1v) is 7.11. The summed E-state index contributed by atoms with van der Waals surface area (Å²) in [5.41, 5.74) is 0.876. The fourth-order valence-electron chi connectivity index (χ4n) is 2.06. The molecule has 0 saturated carbocycles. The van der Waals surface area contributed by atoms with Crippen molar-refractivity contribution in [1.29, 1.82) is 0 Å². The molecule has 0 bridgehead atoms. The first-order valence-electron chi connectivity index (χ1n) is 6.31. The van der Waals surface area contributed by atoms with E-state index in [1.807, 2.05) is 48.5 Å². The van der Waals surface area contributed by atoms with Crippen LogP contribution in [-0.4, -0.2) is 5.11 Å². The zero-order valence-corrected chi connectivity index (χ0v) is 12.3. The summed E-state index contributed by atoms with van der Waals surface area (Å²) in [5, 5.41) is 11.3. The highest BCUT2D eigenvalue weighted by Crippen LogP contribution is 2.27. The normalized spacial score (nSPS) is 10.7. The maximum absolute atomic E-state index is 9.01. The van der Waals surface area contributed by atoms with Crippen LogP contribution in [0.3, 0.4) is 0 Å². The Morgan fingerprint density at radius 3 is 2.20 bits per heavy atom. The van der Waals surface area contributed by atoms with Crippen molar-refractivity contribution in [2.45, 2.75) is 6.61 Å². The van der Waals surface area contributed by atoms with E-state index in [-0.39, 0.29) is 6.61 Å². The molecule has 0 unspecified atom stereocenters. The standard InChI is InChI=1S/C17H13BrO2/c18-15-5-3-14-10-17(8-4-13(14)9-15)20-16-6-1-12(11-19)2-7-16/h1-10,19H,11H2. The van der Waals surface area contributed by atoms with E-state index in [0.29, 0.717) is 0 Å². The summed E-state index contributed by atoms with van der Waals surface area (Å²) < 4.78 is 6.89. The van der Waals surface area contributed by atoms with Gasteiger partial charge in [0.15, 0.2) is 0 Å². The van der Waals surface area contributed by atoms with Crippen molar-refractivity contribution in [3.8, 4) is 11.5 Å². The highest BCUT2D eigenvalue weighted by Gasteiger charge is 2.00. The molecule has 3 rings (SSSR count). The van der Waals surface area contributed by atoms with E-state index in [2.05, 4.69) is 28.1 Å². The van der Waals surface area contributed by atoms with Gasteiger partial charge in [-0.1, -0.05) is 40.2 Å². The van der Waals surface area contributed by atoms with Gasteiger partial charge >= 0.3 is 0 Å². The molecule has 0 aromatic heterocycles. The lowest BCUT2D eigenvalue weighted by Crippen LogP contribution is -1.86. The maximum atomic E-state index is 9.01. The third-order valence-electron chi connectivity index (χ3n) is 3.12. The zero-order chi connectivity index (χ0) is 13.9. The highest BCUT2D eigenvalue weighted by atomic mass is 79.9. The Labute approximate surface area is 125 Å². The molecule has 0 heterocycles. The fourth-order valence-corrected chi connectivity index (χ4v) is 2.44. The number of aliphatic hydroxyl groups excluding tert-OH is 1. The average molecular weight is 329 g/mol. The van der Waals surface area contributed by atoms with Crippen molar-refractivity contribution in [3.05, 3.63) is 70.7 Å². The molecule has 0 aliphatic heterocycles. The summed E-state index contributed by atoms with van der Waals surface area (Å²) in [5.74, 6) is 1.57. The molecule has 0 amide bonds. The Hall–Kier alpha value is -1.84. The van der Waals surface area contributed by atoms with Gasteiger partial charge < -0.3 is 9.84 Å². The monoisotopic (exact) mass is 328 g/mol. The maximum Gasteiger partial charge on any atom is 0.128 e. The Balaban J connectivity index is 1.88. The number of aliphatic hydroxyl groups is 1. The predicted octanol–water partition coefficient (Wildman–Crippen LogP) is 4.89. The van der Waals surface area contributed by atoms with Crippen LogP contribution in [0, 0.1) is 0 Å². The van der Waals surface area contributed by atoms with Crippen LogP contribution in [0.15, 0.2) is 65.1 Å². The molecule has 0 fully saturated rings. The Bertz CT molecular complexity index is 736. The number of benzene rings is 3. The Morgan fingerprint density at radius 1 is 0.800 bits per heavy atom. The molecule has 3 aromatic rings. The second kappa shape index (κ2) is 5.65. The number of hydrogen-bond acceptors (Lipinski definition) is 2. The Kier molecular flexibility index (Phi) is 3.72. The number of ether oxygens (including phenoxy) is 1. The molecule has 0 radical (unpaired) electrons. The van der Waals surface area contributed by atoms with Gasteiger partial charge in [-0.25, -0.2) is 0 Å². The first-order chi connectivity index (χ1) is 9.74. The van der Waals surface area contributed by atoms with Crippen LogP contribution < -0.4 is 4.74 Å². The summed E-state index contributed by atoms with van der Waals surface area (Å²) in [6, 6.07) is 19.6. The van der Waals surface area contributed by atoms with Crippen molar-refractivity contribution >= 4 is 26.7 Å². The molecular formula is C17H13BrO2. The quantitative estimate of drug-likeness (QED) is 0.741. The van der Waals surface area contributed by atoms with Gasteiger partial charge in [0, 0.05) is 4.47 Å². The molecule has 100 valence electrons. The van der Waals surface area contributed by atoms with Gasteiger partial charge in [0.1, 0.15) is 11.5 Å². The topological polar surface area (TPSA) is 29.5 Å². The molecule has 1 N–H and O–H groups in total. The van der Waals surface area contributed by atoms with E-state index in [9.17, 15) is 0 Å². The molecule has 3 aromatic carbocycles. The third-order valence-corrected chi connectivity index (χ3v) is 3.61. The molecular weight excluding hydrogens is 316 g/mol. The van der Waals surface area contributed by atoms with Gasteiger partial charge in [-0.3, -0.25) is 0 Å². The lowest BCUT2D eigenvalue weighted by Gasteiger charge is -2.07. The molecule has 0 aliphatic carbocycles. The van der Waals surface area contributed by atoms with Crippen LogP contribution in [0.4, 0.5) is 0 Å². The number of hydrogen-bond donors (Lipinski definition) is 1. The lowest BCUT2D eigenvalue weighted by atomic mass is 10.1. The minimum absolute atomic E-state index is 0.0468. The number of halogens is 1. The van der Waals surface area contributed by atoms with E-state index in [1.165, 1.54) is 5.39 Å². The van der Waals surface area contributed by atoms with Crippen LogP contribution in [0.2, 0.25) is 0 Å². The molecule has 20 heavy (non-hydrogen) atoms. The predicted molar refractivity (Wildman–Crippen MR) is 84.1 cm³/mol. The second-order valence-corrected chi connectivity index (χ2v) is 5.47. The summed E-state index contributed by atoms with van der Waals surface area (Å²) in [4.78, 5) is 0. The third kappa shape index (κ3) is 2.84. The van der Waals surface area contributed by atoms with Crippen LogP contribution in [0.25, 0.3) is 10.8 Å². The smallest absolute Gasteiger partial charge is 0.128 e. The van der Waals surface area contributed by atoms with Gasteiger partial charge in [0.25, 0.3) is 0 Å².